The zero-order valence-corrected chi connectivity index (χ0v) is 40.7. The number of hydrogen-bond acceptors (Lipinski definition) is 12. The van der Waals surface area contributed by atoms with E-state index in [-0.39, 0.29) is 39.5 Å². The molecule has 6 rings (SSSR count). The van der Waals surface area contributed by atoms with Crippen molar-refractivity contribution in [1.82, 2.24) is 20.6 Å². The molecular formula is C53H56Cl2N6O8. The van der Waals surface area contributed by atoms with E-state index in [1.165, 1.54) is 6.21 Å². The number of halogens is 2. The first-order valence-electron chi connectivity index (χ1n) is 22.2. The highest BCUT2D eigenvalue weighted by Crippen LogP contribution is 2.37. The number of nitrogens with zero attached hydrogens (tertiary/aromatic N) is 3. The quantitative estimate of drug-likeness (QED) is 0.0341. The van der Waals surface area contributed by atoms with Gasteiger partial charge in [0.1, 0.15) is 49.4 Å². The molecule has 0 saturated heterocycles. The number of carboxylic acids is 2. The maximum atomic E-state index is 11.5. The van der Waals surface area contributed by atoms with E-state index in [1.54, 1.807) is 76.2 Å². The molecule has 0 saturated carbocycles. The van der Waals surface area contributed by atoms with Crippen LogP contribution in [0.25, 0.3) is 11.1 Å². The Morgan fingerprint density at radius 2 is 1.07 bits per heavy atom. The minimum atomic E-state index is -0.896. The van der Waals surface area contributed by atoms with Crippen LogP contribution in [-0.4, -0.2) is 64.7 Å². The Hall–Kier alpha value is -6.84. The second-order valence-electron chi connectivity index (χ2n) is 16.6. The van der Waals surface area contributed by atoms with Crippen molar-refractivity contribution in [1.29, 1.82) is 5.41 Å². The summed E-state index contributed by atoms with van der Waals surface area (Å²) in [6.07, 6.45) is 9.65. The fraction of sp³-hybridized carbons (Fsp3) is 0.283. The molecule has 69 heavy (non-hydrogen) atoms. The highest BCUT2D eigenvalue weighted by molar-refractivity contribution is 6.32. The predicted octanol–water partition coefficient (Wildman–Crippen LogP) is 10.1. The van der Waals surface area contributed by atoms with Crippen molar-refractivity contribution in [3.05, 3.63) is 163 Å². The van der Waals surface area contributed by atoms with Crippen LogP contribution in [0, 0.1) is 31.1 Å². The fourth-order valence-corrected chi connectivity index (χ4v) is 7.79. The zero-order chi connectivity index (χ0) is 49.5. The average molecular weight is 976 g/mol. The SMILES string of the molecule is C/N=C/c1cncc(COc2cc(OCc3cccc(-c4cccc(COc5cc(OCc6cncc(C=N)c6)c(CNC[C@H](C)C(=O)O)cc5Cl)c4C)c3C)c(Cl)cc2CNC[C@H](C)C(=O)O)c1. The summed E-state index contributed by atoms with van der Waals surface area (Å²) in [5.41, 5.74) is 10.6. The van der Waals surface area contributed by atoms with E-state index in [2.05, 4.69) is 51.6 Å². The topological polar surface area (TPSA) is 198 Å². The van der Waals surface area contributed by atoms with Crippen LogP contribution in [0.15, 0.2) is 103 Å². The van der Waals surface area contributed by atoms with Gasteiger partial charge in [-0.15, -0.1) is 0 Å². The standard InChI is InChI=1S/C53H56Cl2N6O8/c1-32(52(62)63)19-58-26-42-14-46(54)50(16-48(42)66-28-38-12-36(18-56)22-60-24-38)68-30-40-8-6-10-44(34(40)3)45-11-7-9-41(35(45)4)31-69-51-17-49(67-29-39-13-37(21-57-5)23-61-25-39)43(15-47(51)55)27-59-20-33(2)53(64)65/h6-18,21-25,32-33,56,58-59H,19-20,26-31H2,1-5H3,(H,62,63)(H,64,65)/b56-18?,57-21+/t32-,33-/m0/s1. The Morgan fingerprint density at radius 1 is 0.638 bits per heavy atom. The summed E-state index contributed by atoms with van der Waals surface area (Å²) < 4.78 is 25.4. The molecule has 5 N–H and O–H groups in total. The van der Waals surface area contributed by atoms with Crippen molar-refractivity contribution in [3.8, 4) is 34.1 Å². The molecule has 360 valence electrons. The molecule has 0 bridgehead atoms. The Balaban J connectivity index is 1.19. The fourth-order valence-electron chi connectivity index (χ4n) is 7.31. The number of ether oxygens (including phenoxy) is 4. The molecule has 4 aromatic carbocycles. The number of aromatic nitrogens is 2. The van der Waals surface area contributed by atoms with E-state index in [0.29, 0.717) is 51.7 Å². The molecule has 0 spiro atoms. The first kappa shape index (κ1) is 51.5. The lowest BCUT2D eigenvalue weighted by Crippen LogP contribution is -2.26. The van der Waals surface area contributed by atoms with E-state index in [9.17, 15) is 19.8 Å². The van der Waals surface area contributed by atoms with Crippen LogP contribution in [0.3, 0.4) is 0 Å². The molecule has 2 aromatic heterocycles. The van der Waals surface area contributed by atoms with E-state index in [4.69, 9.17) is 47.6 Å². The van der Waals surface area contributed by atoms with Gasteiger partial charge in [0.2, 0.25) is 0 Å². The normalized spacial score (nSPS) is 12.1. The molecule has 0 radical (unpaired) electrons. The molecule has 0 aliphatic heterocycles. The molecule has 0 aliphatic rings. The summed E-state index contributed by atoms with van der Waals surface area (Å²) in [6, 6.07) is 23.0. The number of aliphatic imine (C=N–C) groups is 1. The number of carbonyl (C=O) groups is 2. The number of aliphatic carboxylic acids is 2. The summed E-state index contributed by atoms with van der Waals surface area (Å²) in [5, 5.41) is 33.5. The van der Waals surface area contributed by atoms with E-state index >= 15 is 0 Å². The summed E-state index contributed by atoms with van der Waals surface area (Å²) in [5.74, 6) is -1.07. The second kappa shape index (κ2) is 25.0. The van der Waals surface area contributed by atoms with Crippen molar-refractivity contribution in [3.63, 3.8) is 0 Å². The highest BCUT2D eigenvalue weighted by Gasteiger charge is 2.19. The summed E-state index contributed by atoms with van der Waals surface area (Å²) in [4.78, 5) is 35.5. The summed E-state index contributed by atoms with van der Waals surface area (Å²) in [6.45, 7) is 9.35. The first-order chi connectivity index (χ1) is 33.2. The average Bonchev–Trinajstić information content (AvgIpc) is 3.33. The Morgan fingerprint density at radius 3 is 1.51 bits per heavy atom. The van der Waals surface area contributed by atoms with Crippen molar-refractivity contribution < 1.29 is 38.7 Å². The van der Waals surface area contributed by atoms with Gasteiger partial charge >= 0.3 is 11.9 Å². The van der Waals surface area contributed by atoms with Crippen LogP contribution in [0.1, 0.15) is 69.5 Å². The molecule has 0 amide bonds. The minimum absolute atomic E-state index is 0.172. The van der Waals surface area contributed by atoms with Gasteiger partial charge in [-0.1, -0.05) is 73.4 Å². The number of rotatable bonds is 25. The summed E-state index contributed by atoms with van der Waals surface area (Å²) >= 11 is 13.7. The lowest BCUT2D eigenvalue weighted by molar-refractivity contribution is -0.141. The van der Waals surface area contributed by atoms with Crippen molar-refractivity contribution in [2.45, 2.75) is 67.2 Å². The second-order valence-corrected chi connectivity index (χ2v) is 17.5. The predicted molar refractivity (Wildman–Crippen MR) is 268 cm³/mol. The van der Waals surface area contributed by atoms with Gasteiger partial charge in [-0.25, -0.2) is 0 Å². The van der Waals surface area contributed by atoms with Crippen LogP contribution in [0.5, 0.6) is 23.0 Å². The van der Waals surface area contributed by atoms with Crippen LogP contribution in [0.4, 0.5) is 0 Å². The maximum absolute atomic E-state index is 11.5. The van der Waals surface area contributed by atoms with Gasteiger partial charge in [-0.3, -0.25) is 24.5 Å². The lowest BCUT2D eigenvalue weighted by atomic mass is 9.92. The van der Waals surface area contributed by atoms with Gasteiger partial charge in [-0.2, -0.15) is 0 Å². The van der Waals surface area contributed by atoms with Crippen LogP contribution in [-0.2, 0) is 49.1 Å². The molecule has 14 nitrogen and oxygen atoms in total. The third-order valence-corrected chi connectivity index (χ3v) is 12.0. The van der Waals surface area contributed by atoms with Gasteiger partial charge in [0.15, 0.2) is 0 Å². The van der Waals surface area contributed by atoms with Crippen molar-refractivity contribution >= 4 is 47.6 Å². The van der Waals surface area contributed by atoms with Gasteiger partial charge < -0.3 is 45.2 Å². The molecule has 0 unspecified atom stereocenters. The van der Waals surface area contributed by atoms with Crippen LogP contribution in [0.2, 0.25) is 10.0 Å². The number of nitrogens with one attached hydrogen (secondary N) is 3. The van der Waals surface area contributed by atoms with E-state index in [1.807, 2.05) is 36.4 Å². The monoisotopic (exact) mass is 974 g/mol. The zero-order valence-electron chi connectivity index (χ0n) is 39.1. The van der Waals surface area contributed by atoms with Crippen molar-refractivity contribution in [2.24, 2.45) is 16.8 Å². The number of benzene rings is 4. The molecule has 2 atom stereocenters. The number of pyridine rings is 2. The Bertz CT molecular complexity index is 2800. The van der Waals surface area contributed by atoms with E-state index in [0.717, 1.165) is 61.2 Å². The molecule has 0 fully saturated rings. The van der Waals surface area contributed by atoms with Gasteiger partial charge in [0.05, 0.1) is 21.9 Å². The minimum Gasteiger partial charge on any atom is -0.488 e. The number of carboxylic acid groups (broad SMARTS) is 2. The van der Waals surface area contributed by atoms with Gasteiger partial charge in [0.25, 0.3) is 0 Å². The largest absolute Gasteiger partial charge is 0.488 e. The lowest BCUT2D eigenvalue weighted by Gasteiger charge is -2.19. The third kappa shape index (κ3) is 14.3. The van der Waals surface area contributed by atoms with E-state index < -0.39 is 23.8 Å². The number of hydrogen-bond donors (Lipinski definition) is 5. The van der Waals surface area contributed by atoms with Crippen LogP contribution >= 0.6 is 23.2 Å². The Labute approximate surface area is 412 Å². The molecule has 2 heterocycles. The first-order valence-corrected chi connectivity index (χ1v) is 23.0. The highest BCUT2D eigenvalue weighted by atomic mass is 35.5. The van der Waals surface area contributed by atoms with Crippen molar-refractivity contribution in [2.75, 3.05) is 20.1 Å². The van der Waals surface area contributed by atoms with Gasteiger partial charge in [-0.05, 0) is 71.5 Å². The van der Waals surface area contributed by atoms with Crippen LogP contribution < -0.4 is 29.6 Å². The third-order valence-electron chi connectivity index (χ3n) is 11.4. The molecule has 16 heteroatoms. The molecular weight excluding hydrogens is 920 g/mol. The maximum Gasteiger partial charge on any atom is 0.307 e. The summed E-state index contributed by atoms with van der Waals surface area (Å²) in [7, 11) is 1.70. The Kier molecular flexibility index (Phi) is 18.7. The smallest absolute Gasteiger partial charge is 0.307 e. The molecule has 6 aromatic rings. The van der Waals surface area contributed by atoms with Gasteiger partial charge in [0, 0.05) is 116 Å². The molecule has 0 aliphatic carbocycles.